The lowest BCUT2D eigenvalue weighted by atomic mass is 10.2. The maximum Gasteiger partial charge on any atom is 0.179 e. The third kappa shape index (κ3) is 4.82. The maximum atomic E-state index is 12.7. The van der Waals surface area contributed by atoms with E-state index in [-0.39, 0.29) is 5.75 Å². The second kappa shape index (κ2) is 8.31. The molecule has 0 bridgehead atoms. The van der Waals surface area contributed by atoms with E-state index < -0.39 is 9.84 Å². The molecule has 0 radical (unpaired) electrons. The average Bonchev–Trinajstić information content (AvgIpc) is 2.69. The van der Waals surface area contributed by atoms with Crippen molar-refractivity contribution in [3.8, 4) is 5.75 Å². The van der Waals surface area contributed by atoms with Crippen LogP contribution in [0.1, 0.15) is 11.1 Å². The molecule has 0 spiro atoms. The van der Waals surface area contributed by atoms with Crippen LogP contribution in [0.4, 0.5) is 5.69 Å². The van der Waals surface area contributed by atoms with Crippen molar-refractivity contribution in [2.75, 3.05) is 50.5 Å². The zero-order valence-electron chi connectivity index (χ0n) is 16.3. The monoisotopic (exact) mass is 388 g/mol. The molecule has 1 aliphatic rings. The molecule has 146 valence electrons. The van der Waals surface area contributed by atoms with Crippen molar-refractivity contribution in [1.29, 1.82) is 0 Å². The van der Waals surface area contributed by atoms with Crippen LogP contribution >= 0.6 is 0 Å². The van der Waals surface area contributed by atoms with Crippen molar-refractivity contribution in [2.45, 2.75) is 18.7 Å². The first-order valence-electron chi connectivity index (χ1n) is 9.30. The summed E-state index contributed by atoms with van der Waals surface area (Å²) in [6.45, 7) is 7.90. The van der Waals surface area contributed by atoms with E-state index in [1.54, 1.807) is 13.2 Å². The molecule has 0 atom stereocenters. The molecule has 1 aliphatic heterocycles. The summed E-state index contributed by atoms with van der Waals surface area (Å²) in [5, 5.41) is 0. The zero-order valence-corrected chi connectivity index (χ0v) is 17.1. The Labute approximate surface area is 162 Å². The fraction of sp³-hybridized carbons (Fsp3) is 0.429. The smallest absolute Gasteiger partial charge is 0.179 e. The number of hydrogen-bond donors (Lipinski definition) is 0. The summed E-state index contributed by atoms with van der Waals surface area (Å²) in [6, 6.07) is 13.7. The highest BCUT2D eigenvalue weighted by atomic mass is 32.2. The molecular formula is C21H28N2O3S. The SMILES string of the molecule is COc1ccc(N2CCN(CCS(=O)(=O)c3cc(C)ccc3C)CC2)cc1. The molecule has 27 heavy (non-hydrogen) atoms. The Morgan fingerprint density at radius 1 is 0.963 bits per heavy atom. The summed E-state index contributed by atoms with van der Waals surface area (Å²) in [7, 11) is -1.59. The standard InChI is InChI=1S/C21H28N2O3S/c1-17-4-5-18(2)21(16-17)27(24,25)15-14-22-10-12-23(13-11-22)19-6-8-20(26-3)9-7-19/h4-9,16H,10-15H2,1-3H3. The van der Waals surface area contributed by atoms with Gasteiger partial charge in [0.2, 0.25) is 0 Å². The van der Waals surface area contributed by atoms with Crippen LogP contribution in [0.5, 0.6) is 5.75 Å². The summed E-state index contributed by atoms with van der Waals surface area (Å²) >= 11 is 0. The first-order chi connectivity index (χ1) is 12.9. The van der Waals surface area contributed by atoms with Crippen molar-refractivity contribution in [1.82, 2.24) is 4.90 Å². The van der Waals surface area contributed by atoms with E-state index in [1.165, 1.54) is 5.69 Å². The second-order valence-electron chi connectivity index (χ2n) is 7.11. The van der Waals surface area contributed by atoms with Gasteiger partial charge in [-0.05, 0) is 55.3 Å². The topological polar surface area (TPSA) is 49.9 Å². The number of anilines is 1. The Kier molecular flexibility index (Phi) is 6.07. The summed E-state index contributed by atoms with van der Waals surface area (Å²) in [4.78, 5) is 5.04. The van der Waals surface area contributed by atoms with E-state index in [0.29, 0.717) is 11.4 Å². The van der Waals surface area contributed by atoms with Crippen molar-refractivity contribution in [3.63, 3.8) is 0 Å². The number of piperazine rings is 1. The minimum atomic E-state index is -3.26. The summed E-state index contributed by atoms with van der Waals surface area (Å²) in [5.41, 5.74) is 2.98. The van der Waals surface area contributed by atoms with E-state index in [0.717, 1.165) is 43.1 Å². The van der Waals surface area contributed by atoms with Gasteiger partial charge >= 0.3 is 0 Å². The lowest BCUT2D eigenvalue weighted by molar-refractivity contribution is 0.272. The lowest BCUT2D eigenvalue weighted by Crippen LogP contribution is -2.47. The van der Waals surface area contributed by atoms with Gasteiger partial charge in [-0.15, -0.1) is 0 Å². The Hall–Kier alpha value is -2.05. The van der Waals surface area contributed by atoms with Crippen molar-refractivity contribution >= 4 is 15.5 Å². The van der Waals surface area contributed by atoms with Crippen LogP contribution in [0, 0.1) is 13.8 Å². The Balaban J connectivity index is 1.55. The number of ether oxygens (including phenoxy) is 1. The fourth-order valence-corrected chi connectivity index (χ4v) is 5.07. The van der Waals surface area contributed by atoms with Crippen LogP contribution in [0.25, 0.3) is 0 Å². The van der Waals surface area contributed by atoms with Crippen LogP contribution in [-0.4, -0.2) is 58.9 Å². The summed E-state index contributed by atoms with van der Waals surface area (Å²) in [5.74, 6) is 1.02. The van der Waals surface area contributed by atoms with Crippen LogP contribution in [0.15, 0.2) is 47.4 Å². The Morgan fingerprint density at radius 3 is 2.26 bits per heavy atom. The number of methoxy groups -OCH3 is 1. The highest BCUT2D eigenvalue weighted by Gasteiger charge is 2.22. The quantitative estimate of drug-likeness (QED) is 0.762. The van der Waals surface area contributed by atoms with Gasteiger partial charge < -0.3 is 9.64 Å². The largest absolute Gasteiger partial charge is 0.497 e. The van der Waals surface area contributed by atoms with Gasteiger partial charge in [-0.1, -0.05) is 12.1 Å². The third-order valence-electron chi connectivity index (χ3n) is 5.16. The Bertz CT molecular complexity index is 871. The van der Waals surface area contributed by atoms with E-state index in [4.69, 9.17) is 4.74 Å². The first kappa shape index (κ1) is 19.7. The number of nitrogens with zero attached hydrogens (tertiary/aromatic N) is 2. The average molecular weight is 389 g/mol. The maximum absolute atomic E-state index is 12.7. The molecule has 1 heterocycles. The van der Waals surface area contributed by atoms with Gasteiger partial charge in [0.25, 0.3) is 0 Å². The van der Waals surface area contributed by atoms with Gasteiger partial charge in [-0.25, -0.2) is 8.42 Å². The first-order valence-corrected chi connectivity index (χ1v) is 11.0. The molecule has 3 rings (SSSR count). The molecule has 0 N–H and O–H groups in total. The number of sulfone groups is 1. The molecule has 0 aliphatic carbocycles. The van der Waals surface area contributed by atoms with Crippen LogP contribution in [0.2, 0.25) is 0 Å². The van der Waals surface area contributed by atoms with Gasteiger partial charge in [0, 0.05) is 38.4 Å². The summed E-state index contributed by atoms with van der Waals surface area (Å²) < 4.78 is 30.7. The van der Waals surface area contributed by atoms with Gasteiger partial charge in [-0.2, -0.15) is 0 Å². The fourth-order valence-electron chi connectivity index (χ4n) is 3.42. The van der Waals surface area contributed by atoms with E-state index in [2.05, 4.69) is 21.9 Å². The molecule has 2 aromatic carbocycles. The molecule has 1 fully saturated rings. The third-order valence-corrected chi connectivity index (χ3v) is 6.99. The molecule has 6 heteroatoms. The number of rotatable bonds is 6. The molecule has 0 amide bonds. The number of benzene rings is 2. The highest BCUT2D eigenvalue weighted by molar-refractivity contribution is 7.91. The number of hydrogen-bond acceptors (Lipinski definition) is 5. The predicted molar refractivity (Wildman–Crippen MR) is 110 cm³/mol. The molecule has 0 aromatic heterocycles. The van der Waals surface area contributed by atoms with Crippen LogP contribution < -0.4 is 9.64 Å². The van der Waals surface area contributed by atoms with Gasteiger partial charge in [0.1, 0.15) is 5.75 Å². The number of aryl methyl sites for hydroxylation is 2. The van der Waals surface area contributed by atoms with Crippen molar-refractivity contribution < 1.29 is 13.2 Å². The zero-order chi connectivity index (χ0) is 19.4. The van der Waals surface area contributed by atoms with Crippen LogP contribution in [0.3, 0.4) is 0 Å². The van der Waals surface area contributed by atoms with Gasteiger partial charge in [-0.3, -0.25) is 4.90 Å². The normalized spacial score (nSPS) is 15.7. The van der Waals surface area contributed by atoms with Crippen LogP contribution in [-0.2, 0) is 9.84 Å². The molecule has 1 saturated heterocycles. The van der Waals surface area contributed by atoms with E-state index in [9.17, 15) is 8.42 Å². The van der Waals surface area contributed by atoms with Crippen molar-refractivity contribution in [2.24, 2.45) is 0 Å². The second-order valence-corrected chi connectivity index (χ2v) is 9.19. The molecule has 0 unspecified atom stereocenters. The highest BCUT2D eigenvalue weighted by Crippen LogP contribution is 2.21. The van der Waals surface area contributed by atoms with Gasteiger partial charge in [0.15, 0.2) is 9.84 Å². The van der Waals surface area contributed by atoms with Gasteiger partial charge in [0.05, 0.1) is 17.8 Å². The molecule has 2 aromatic rings. The summed E-state index contributed by atoms with van der Waals surface area (Å²) in [6.07, 6.45) is 0. The lowest BCUT2D eigenvalue weighted by Gasteiger charge is -2.36. The molecular weight excluding hydrogens is 360 g/mol. The van der Waals surface area contributed by atoms with Crippen molar-refractivity contribution in [3.05, 3.63) is 53.6 Å². The van der Waals surface area contributed by atoms with E-state index in [1.807, 2.05) is 38.1 Å². The molecule has 5 nitrogen and oxygen atoms in total. The predicted octanol–water partition coefficient (Wildman–Crippen LogP) is 2.91. The Morgan fingerprint density at radius 2 is 1.63 bits per heavy atom. The van der Waals surface area contributed by atoms with E-state index >= 15 is 0 Å². The minimum absolute atomic E-state index is 0.166. The minimum Gasteiger partial charge on any atom is -0.497 e. The molecule has 0 saturated carbocycles.